The van der Waals surface area contributed by atoms with Crippen molar-refractivity contribution in [1.29, 1.82) is 0 Å². The SMILES string of the molecule is COc1ccc(CCC(CCNC=O)Oc2cc(F)cc(N3CCNCC3)c2)cc1CC1CCC(C(F)(F)F)CC1. The molecule has 1 atom stereocenters. The second-order valence-electron chi connectivity index (χ2n) is 11.1. The lowest BCUT2D eigenvalue weighted by Gasteiger charge is -2.30. The first-order valence-electron chi connectivity index (χ1n) is 14.6. The minimum Gasteiger partial charge on any atom is -0.496 e. The number of anilines is 1. The number of methoxy groups -OCH3 is 1. The molecule has 0 spiro atoms. The molecule has 0 bridgehead atoms. The summed E-state index contributed by atoms with van der Waals surface area (Å²) < 4.78 is 65.7. The lowest BCUT2D eigenvalue weighted by molar-refractivity contribution is -0.183. The number of carbonyl (C=O) groups is 1. The number of piperazine rings is 1. The van der Waals surface area contributed by atoms with Gasteiger partial charge in [-0.1, -0.05) is 12.1 Å². The molecule has 4 rings (SSSR count). The lowest BCUT2D eigenvalue weighted by atomic mass is 9.78. The zero-order chi connectivity index (χ0) is 29.2. The Bertz CT molecular complexity index is 1120. The van der Waals surface area contributed by atoms with Crippen molar-refractivity contribution in [3.8, 4) is 11.5 Å². The Morgan fingerprint density at radius 2 is 1.83 bits per heavy atom. The summed E-state index contributed by atoms with van der Waals surface area (Å²) in [5, 5.41) is 5.98. The van der Waals surface area contributed by atoms with Crippen molar-refractivity contribution in [2.24, 2.45) is 11.8 Å². The lowest BCUT2D eigenvalue weighted by Crippen LogP contribution is -2.43. The average molecular weight is 580 g/mol. The van der Waals surface area contributed by atoms with Gasteiger partial charge in [-0.25, -0.2) is 4.39 Å². The summed E-state index contributed by atoms with van der Waals surface area (Å²) in [6.45, 7) is 3.69. The number of nitrogens with one attached hydrogen (secondary N) is 2. The minimum atomic E-state index is -4.11. The topological polar surface area (TPSA) is 62.8 Å². The van der Waals surface area contributed by atoms with Crippen molar-refractivity contribution >= 4 is 12.1 Å². The third kappa shape index (κ3) is 9.24. The van der Waals surface area contributed by atoms with Crippen LogP contribution in [0.5, 0.6) is 11.5 Å². The smallest absolute Gasteiger partial charge is 0.391 e. The Hall–Kier alpha value is -3.01. The molecule has 1 saturated carbocycles. The number of alkyl halides is 3. The molecule has 2 aliphatic rings. The highest BCUT2D eigenvalue weighted by atomic mass is 19.4. The molecule has 6 nitrogen and oxygen atoms in total. The highest BCUT2D eigenvalue weighted by molar-refractivity contribution is 5.51. The normalized spacial score (nSPS) is 20.4. The Balaban J connectivity index is 1.41. The Labute approximate surface area is 239 Å². The number of rotatable bonds is 13. The Morgan fingerprint density at radius 1 is 1.07 bits per heavy atom. The van der Waals surface area contributed by atoms with Gasteiger partial charge < -0.3 is 25.0 Å². The Morgan fingerprint density at radius 3 is 2.51 bits per heavy atom. The van der Waals surface area contributed by atoms with E-state index in [9.17, 15) is 22.4 Å². The number of benzene rings is 2. The van der Waals surface area contributed by atoms with E-state index in [1.807, 2.05) is 18.2 Å². The third-order valence-electron chi connectivity index (χ3n) is 8.25. The molecule has 2 fully saturated rings. The Kier molecular flexibility index (Phi) is 11.1. The molecular weight excluding hydrogens is 538 g/mol. The fourth-order valence-corrected chi connectivity index (χ4v) is 5.96. The molecule has 10 heteroatoms. The van der Waals surface area contributed by atoms with Crippen LogP contribution in [0.1, 0.15) is 49.7 Å². The fraction of sp³-hybridized carbons (Fsp3) is 0.581. The van der Waals surface area contributed by atoms with Crippen LogP contribution in [0.15, 0.2) is 36.4 Å². The molecule has 2 N–H and O–H groups in total. The van der Waals surface area contributed by atoms with Crippen molar-refractivity contribution in [1.82, 2.24) is 10.6 Å². The van der Waals surface area contributed by atoms with Crippen molar-refractivity contribution in [3.05, 3.63) is 53.3 Å². The van der Waals surface area contributed by atoms with Crippen LogP contribution in [0.25, 0.3) is 0 Å². The van der Waals surface area contributed by atoms with Gasteiger partial charge in [-0.3, -0.25) is 4.79 Å². The summed E-state index contributed by atoms with van der Waals surface area (Å²) in [5.41, 5.74) is 2.86. The number of aryl methyl sites for hydroxylation is 1. The molecule has 0 radical (unpaired) electrons. The molecule has 1 heterocycles. The van der Waals surface area contributed by atoms with Crippen LogP contribution in [-0.4, -0.2) is 58.5 Å². The average Bonchev–Trinajstić information content (AvgIpc) is 2.96. The van der Waals surface area contributed by atoms with Crippen molar-refractivity contribution < 1.29 is 31.8 Å². The highest BCUT2D eigenvalue weighted by Crippen LogP contribution is 2.41. The van der Waals surface area contributed by atoms with Gasteiger partial charge in [0.1, 0.15) is 23.4 Å². The molecule has 226 valence electrons. The molecule has 0 aromatic heterocycles. The number of amides is 1. The van der Waals surface area contributed by atoms with Gasteiger partial charge >= 0.3 is 6.18 Å². The first-order valence-corrected chi connectivity index (χ1v) is 14.6. The first kappa shape index (κ1) is 30.9. The fourth-order valence-electron chi connectivity index (χ4n) is 5.96. The van der Waals surface area contributed by atoms with E-state index in [0.29, 0.717) is 57.2 Å². The van der Waals surface area contributed by atoms with Gasteiger partial charge in [-0.2, -0.15) is 13.2 Å². The maximum atomic E-state index is 14.5. The van der Waals surface area contributed by atoms with Gasteiger partial charge in [-0.05, 0) is 74.1 Å². The van der Waals surface area contributed by atoms with Crippen molar-refractivity contribution in [3.63, 3.8) is 0 Å². The van der Waals surface area contributed by atoms with Gasteiger partial charge in [0.25, 0.3) is 0 Å². The third-order valence-corrected chi connectivity index (χ3v) is 8.25. The van der Waals surface area contributed by atoms with Gasteiger partial charge in [0.15, 0.2) is 0 Å². The standard InChI is InChI=1S/C31H41F4N3O3/c1-40-30-9-5-23(17-24(30)16-22-2-6-25(7-3-22)31(33,34)35)4-8-28(10-11-37-21-39)41-29-19-26(32)18-27(20-29)38-14-12-36-13-15-38/h5,9,17-22,25,28,36H,2-4,6-8,10-16H2,1H3,(H,37,39). The van der Waals surface area contributed by atoms with E-state index in [-0.39, 0.29) is 30.7 Å². The highest BCUT2D eigenvalue weighted by Gasteiger charge is 2.41. The number of halogens is 4. The largest absolute Gasteiger partial charge is 0.496 e. The monoisotopic (exact) mass is 579 g/mol. The number of hydrogen-bond acceptors (Lipinski definition) is 5. The summed E-state index contributed by atoms with van der Waals surface area (Å²) >= 11 is 0. The number of nitrogens with zero attached hydrogens (tertiary/aromatic N) is 1. The van der Waals surface area contributed by atoms with E-state index in [1.54, 1.807) is 7.11 Å². The van der Waals surface area contributed by atoms with Gasteiger partial charge in [-0.15, -0.1) is 0 Å². The van der Waals surface area contributed by atoms with Crippen LogP contribution in [0.4, 0.5) is 23.2 Å². The quantitative estimate of drug-likeness (QED) is 0.182. The summed E-state index contributed by atoms with van der Waals surface area (Å²) in [6.07, 6.45) is 0.324. The van der Waals surface area contributed by atoms with E-state index in [2.05, 4.69) is 21.6 Å². The van der Waals surface area contributed by atoms with Crippen LogP contribution in [-0.2, 0) is 17.6 Å². The maximum absolute atomic E-state index is 14.5. The molecule has 2 aromatic rings. The minimum absolute atomic E-state index is 0.181. The second kappa shape index (κ2) is 14.8. The summed E-state index contributed by atoms with van der Waals surface area (Å²) in [5.74, 6) is -0.149. The van der Waals surface area contributed by atoms with E-state index < -0.39 is 12.1 Å². The van der Waals surface area contributed by atoms with Crippen molar-refractivity contribution in [2.45, 2.75) is 63.6 Å². The van der Waals surface area contributed by atoms with Crippen LogP contribution in [0.2, 0.25) is 0 Å². The van der Waals surface area contributed by atoms with Crippen LogP contribution in [0.3, 0.4) is 0 Å². The molecule has 1 unspecified atom stereocenters. The van der Waals surface area contributed by atoms with E-state index in [1.165, 1.54) is 12.1 Å². The molecule has 2 aromatic carbocycles. The summed E-state index contributed by atoms with van der Waals surface area (Å²) in [6, 6.07) is 10.8. The molecule has 1 amide bonds. The van der Waals surface area contributed by atoms with E-state index in [0.717, 1.165) is 48.7 Å². The summed E-state index contributed by atoms with van der Waals surface area (Å²) in [7, 11) is 1.61. The number of ether oxygens (including phenoxy) is 2. The van der Waals surface area contributed by atoms with Crippen molar-refractivity contribution in [2.75, 3.05) is 44.7 Å². The maximum Gasteiger partial charge on any atom is 0.391 e. The zero-order valence-electron chi connectivity index (χ0n) is 23.6. The summed E-state index contributed by atoms with van der Waals surface area (Å²) in [4.78, 5) is 13.0. The second-order valence-corrected chi connectivity index (χ2v) is 11.1. The number of carbonyl (C=O) groups excluding carboxylic acids is 1. The number of hydrogen-bond donors (Lipinski definition) is 2. The predicted molar refractivity (Wildman–Crippen MR) is 151 cm³/mol. The molecule has 1 saturated heterocycles. The molecule has 1 aliphatic carbocycles. The van der Waals surface area contributed by atoms with E-state index in [4.69, 9.17) is 9.47 Å². The van der Waals surface area contributed by atoms with Crippen LogP contribution < -0.4 is 25.0 Å². The van der Waals surface area contributed by atoms with Gasteiger partial charge in [0.05, 0.1) is 13.0 Å². The molecular formula is C31H41F4N3O3. The van der Waals surface area contributed by atoms with Gasteiger partial charge in [0, 0.05) is 57.0 Å². The van der Waals surface area contributed by atoms with E-state index >= 15 is 0 Å². The molecule has 1 aliphatic heterocycles. The molecule has 41 heavy (non-hydrogen) atoms. The van der Waals surface area contributed by atoms with Gasteiger partial charge in [0.2, 0.25) is 6.41 Å². The van der Waals surface area contributed by atoms with Crippen LogP contribution in [0, 0.1) is 17.7 Å². The predicted octanol–water partition coefficient (Wildman–Crippen LogP) is 5.67. The van der Waals surface area contributed by atoms with Crippen LogP contribution >= 0.6 is 0 Å². The zero-order valence-corrected chi connectivity index (χ0v) is 23.6. The first-order chi connectivity index (χ1) is 19.7.